The molecule has 56 valence electrons. The Balaban J connectivity index is 3.58. The number of hydrogen-bond acceptors (Lipinski definition) is 1. The molecule has 0 aliphatic rings. The maximum absolute atomic E-state index is 5.86. The van der Waals surface area contributed by atoms with Crippen LogP contribution >= 0.6 is 22.6 Å². The zero-order valence-electron chi connectivity index (χ0n) is 6.39. The molecule has 0 aromatic heterocycles. The SMILES string of the molecule is CC[C@@H](C)C(N)C(C)I. The molecule has 0 aliphatic heterocycles. The summed E-state index contributed by atoms with van der Waals surface area (Å²) in [5.74, 6) is 0.664. The summed E-state index contributed by atoms with van der Waals surface area (Å²) in [6, 6.07) is 0.371. The van der Waals surface area contributed by atoms with E-state index in [-0.39, 0.29) is 0 Å². The Morgan fingerprint density at radius 3 is 2.00 bits per heavy atom. The Morgan fingerprint density at radius 1 is 1.44 bits per heavy atom. The molecule has 0 spiro atoms. The maximum Gasteiger partial charge on any atom is 0.0235 e. The third-order valence-corrected chi connectivity index (χ3v) is 2.66. The van der Waals surface area contributed by atoms with Crippen LogP contribution in [0.15, 0.2) is 0 Å². The van der Waals surface area contributed by atoms with Gasteiger partial charge in [0, 0.05) is 9.97 Å². The van der Waals surface area contributed by atoms with Crippen LogP contribution < -0.4 is 5.73 Å². The smallest absolute Gasteiger partial charge is 0.0235 e. The molecule has 2 unspecified atom stereocenters. The highest BCUT2D eigenvalue weighted by atomic mass is 127. The molecule has 0 saturated heterocycles. The van der Waals surface area contributed by atoms with Crippen molar-refractivity contribution >= 4 is 22.6 Å². The van der Waals surface area contributed by atoms with Crippen LogP contribution in [-0.4, -0.2) is 9.97 Å². The van der Waals surface area contributed by atoms with Gasteiger partial charge < -0.3 is 5.73 Å². The van der Waals surface area contributed by atoms with Gasteiger partial charge in [-0.2, -0.15) is 0 Å². The number of halogens is 1. The van der Waals surface area contributed by atoms with Gasteiger partial charge in [0.15, 0.2) is 0 Å². The largest absolute Gasteiger partial charge is 0.327 e. The van der Waals surface area contributed by atoms with Gasteiger partial charge in [0.25, 0.3) is 0 Å². The van der Waals surface area contributed by atoms with Crippen LogP contribution in [0.5, 0.6) is 0 Å². The van der Waals surface area contributed by atoms with Crippen LogP contribution in [0.25, 0.3) is 0 Å². The monoisotopic (exact) mass is 241 g/mol. The Bertz CT molecular complexity index is 73.3. The Kier molecular flexibility index (Phi) is 4.84. The summed E-state index contributed by atoms with van der Waals surface area (Å²) in [6.45, 7) is 6.56. The first-order valence-electron chi connectivity index (χ1n) is 3.49. The highest BCUT2D eigenvalue weighted by molar-refractivity contribution is 14.1. The van der Waals surface area contributed by atoms with Gasteiger partial charge in [0.2, 0.25) is 0 Å². The zero-order chi connectivity index (χ0) is 7.44. The van der Waals surface area contributed by atoms with Gasteiger partial charge in [-0.3, -0.25) is 0 Å². The average molecular weight is 241 g/mol. The topological polar surface area (TPSA) is 26.0 Å². The van der Waals surface area contributed by atoms with E-state index >= 15 is 0 Å². The lowest BCUT2D eigenvalue weighted by Gasteiger charge is -2.20. The maximum atomic E-state index is 5.86. The summed E-state index contributed by atoms with van der Waals surface area (Å²) in [5, 5.41) is 0. The fourth-order valence-corrected chi connectivity index (χ4v) is 1.43. The zero-order valence-corrected chi connectivity index (χ0v) is 8.55. The van der Waals surface area contributed by atoms with Crippen LogP contribution in [0, 0.1) is 5.92 Å². The standard InChI is InChI=1S/C7H16IN/c1-4-5(2)7(9)6(3)8/h5-7H,4,9H2,1-3H3/t5-,6?,7?/m1/s1. The van der Waals surface area contributed by atoms with Crippen molar-refractivity contribution in [2.24, 2.45) is 11.7 Å². The van der Waals surface area contributed by atoms with E-state index in [0.717, 1.165) is 0 Å². The molecule has 1 nitrogen and oxygen atoms in total. The second-order valence-electron chi connectivity index (χ2n) is 2.64. The lowest BCUT2D eigenvalue weighted by atomic mass is 9.98. The molecule has 2 N–H and O–H groups in total. The minimum atomic E-state index is 0.371. The normalized spacial score (nSPS) is 21.0. The Morgan fingerprint density at radius 2 is 1.89 bits per heavy atom. The van der Waals surface area contributed by atoms with Crippen molar-refractivity contribution in [3.63, 3.8) is 0 Å². The number of alkyl halides is 1. The summed E-state index contributed by atoms with van der Waals surface area (Å²) < 4.78 is 0.595. The highest BCUT2D eigenvalue weighted by Crippen LogP contribution is 2.14. The third-order valence-electron chi connectivity index (χ3n) is 1.83. The molecule has 0 saturated carbocycles. The minimum absolute atomic E-state index is 0.371. The fraction of sp³-hybridized carbons (Fsp3) is 1.00. The first kappa shape index (κ1) is 9.69. The summed E-state index contributed by atoms with van der Waals surface area (Å²) >= 11 is 2.38. The van der Waals surface area contributed by atoms with Crippen LogP contribution in [-0.2, 0) is 0 Å². The molecule has 0 bridgehead atoms. The van der Waals surface area contributed by atoms with Crippen molar-refractivity contribution in [2.75, 3.05) is 0 Å². The van der Waals surface area contributed by atoms with Gasteiger partial charge in [-0.15, -0.1) is 0 Å². The minimum Gasteiger partial charge on any atom is -0.327 e. The fourth-order valence-electron chi connectivity index (χ4n) is 0.725. The molecular weight excluding hydrogens is 225 g/mol. The van der Waals surface area contributed by atoms with E-state index in [1.165, 1.54) is 6.42 Å². The summed E-state index contributed by atoms with van der Waals surface area (Å²) in [5.41, 5.74) is 5.86. The van der Waals surface area contributed by atoms with Gasteiger partial charge in [-0.05, 0) is 5.92 Å². The van der Waals surface area contributed by atoms with Crippen molar-refractivity contribution in [2.45, 2.75) is 37.2 Å². The van der Waals surface area contributed by atoms with Crippen LogP contribution in [0.3, 0.4) is 0 Å². The Labute approximate surface area is 71.5 Å². The molecule has 0 radical (unpaired) electrons. The van der Waals surface area contributed by atoms with Crippen molar-refractivity contribution in [1.82, 2.24) is 0 Å². The van der Waals surface area contributed by atoms with Crippen molar-refractivity contribution in [3.8, 4) is 0 Å². The lowest BCUT2D eigenvalue weighted by molar-refractivity contribution is 0.447. The van der Waals surface area contributed by atoms with Gasteiger partial charge in [-0.1, -0.05) is 49.8 Å². The van der Waals surface area contributed by atoms with Gasteiger partial charge >= 0.3 is 0 Å². The molecule has 0 aromatic carbocycles. The quantitative estimate of drug-likeness (QED) is 0.594. The van der Waals surface area contributed by atoms with E-state index in [1.54, 1.807) is 0 Å². The lowest BCUT2D eigenvalue weighted by Crippen LogP contribution is -2.34. The van der Waals surface area contributed by atoms with Crippen LogP contribution in [0.1, 0.15) is 27.2 Å². The molecule has 3 atom stereocenters. The summed E-state index contributed by atoms with van der Waals surface area (Å²) in [4.78, 5) is 0. The van der Waals surface area contributed by atoms with E-state index in [9.17, 15) is 0 Å². The third kappa shape index (κ3) is 3.40. The molecule has 0 rings (SSSR count). The Hall–Kier alpha value is 0.690. The molecule has 9 heavy (non-hydrogen) atoms. The van der Waals surface area contributed by atoms with Gasteiger partial charge in [-0.25, -0.2) is 0 Å². The van der Waals surface area contributed by atoms with Gasteiger partial charge in [0.05, 0.1) is 0 Å². The first-order valence-corrected chi connectivity index (χ1v) is 4.73. The van der Waals surface area contributed by atoms with E-state index < -0.39 is 0 Å². The average Bonchev–Trinajstić information content (AvgIpc) is 1.84. The predicted octanol–water partition coefficient (Wildman–Crippen LogP) is 2.18. The molecule has 0 heterocycles. The van der Waals surface area contributed by atoms with E-state index in [4.69, 9.17) is 5.73 Å². The number of nitrogens with two attached hydrogens (primary N) is 1. The summed E-state index contributed by atoms with van der Waals surface area (Å²) in [7, 11) is 0. The van der Waals surface area contributed by atoms with Crippen LogP contribution in [0.2, 0.25) is 0 Å². The number of hydrogen-bond donors (Lipinski definition) is 1. The molecule has 0 fully saturated rings. The number of rotatable bonds is 3. The second kappa shape index (κ2) is 4.50. The highest BCUT2D eigenvalue weighted by Gasteiger charge is 2.14. The molecule has 2 heteroatoms. The van der Waals surface area contributed by atoms with Gasteiger partial charge in [0.1, 0.15) is 0 Å². The second-order valence-corrected chi connectivity index (χ2v) is 4.61. The van der Waals surface area contributed by atoms with Crippen molar-refractivity contribution in [3.05, 3.63) is 0 Å². The van der Waals surface area contributed by atoms with E-state index in [1.807, 2.05) is 0 Å². The first-order chi connectivity index (χ1) is 4.09. The van der Waals surface area contributed by atoms with E-state index in [0.29, 0.717) is 15.9 Å². The molecule has 0 aromatic rings. The van der Waals surface area contributed by atoms with Crippen LogP contribution in [0.4, 0.5) is 0 Å². The summed E-state index contributed by atoms with van der Waals surface area (Å²) in [6.07, 6.45) is 1.19. The van der Waals surface area contributed by atoms with Crippen molar-refractivity contribution < 1.29 is 0 Å². The molecular formula is C7H16IN. The predicted molar refractivity (Wildman–Crippen MR) is 50.9 cm³/mol. The molecule has 0 aliphatic carbocycles. The molecule has 0 amide bonds. The van der Waals surface area contributed by atoms with Crippen molar-refractivity contribution in [1.29, 1.82) is 0 Å². The van der Waals surface area contributed by atoms with E-state index in [2.05, 4.69) is 43.4 Å².